The first-order valence-electron chi connectivity index (χ1n) is 8.95. The van der Waals surface area contributed by atoms with Crippen molar-refractivity contribution in [2.75, 3.05) is 19.7 Å². The maximum Gasteiger partial charge on any atom is 0.410 e. The Hall–Kier alpha value is -0.460. The highest BCUT2D eigenvalue weighted by atomic mass is 32.2. The van der Waals surface area contributed by atoms with Gasteiger partial charge in [0, 0.05) is 23.3 Å². The van der Waals surface area contributed by atoms with Crippen molar-refractivity contribution in [2.45, 2.75) is 83.8 Å². The summed E-state index contributed by atoms with van der Waals surface area (Å²) in [5.41, 5.74) is -0.319. The normalized spacial score (nSPS) is 27.5. The average molecular weight is 359 g/mol. The lowest BCUT2D eigenvalue weighted by molar-refractivity contribution is 0.00653. The minimum atomic E-state index is -0.440. The Morgan fingerprint density at radius 3 is 2.29 bits per heavy atom. The molecule has 0 aromatic rings. The van der Waals surface area contributed by atoms with Crippen LogP contribution < -0.4 is 4.72 Å². The van der Waals surface area contributed by atoms with Crippen LogP contribution in [0.2, 0.25) is 0 Å². The number of likely N-dealkylation sites (tertiary alicyclic amines) is 1. The topological polar surface area (TPSA) is 50.8 Å². The summed E-state index contributed by atoms with van der Waals surface area (Å²) >= 11 is 1.78. The fraction of sp³-hybridized carbons (Fsp3) is 0.944. The van der Waals surface area contributed by atoms with Gasteiger partial charge >= 0.3 is 6.09 Å². The van der Waals surface area contributed by atoms with E-state index in [1.807, 2.05) is 25.7 Å². The molecule has 0 aromatic heterocycles. The van der Waals surface area contributed by atoms with E-state index in [1.165, 1.54) is 0 Å². The number of carbonyl (C=O) groups excluding carboxylic acids is 1. The molecule has 140 valence electrons. The zero-order valence-corrected chi connectivity index (χ0v) is 17.1. The summed E-state index contributed by atoms with van der Waals surface area (Å²) < 4.78 is 15.3. The number of amides is 1. The number of ether oxygens (including phenoxy) is 2. The molecule has 2 aliphatic rings. The van der Waals surface area contributed by atoms with Crippen LogP contribution in [0.15, 0.2) is 0 Å². The third-order valence-corrected chi connectivity index (χ3v) is 5.65. The van der Waals surface area contributed by atoms with Crippen molar-refractivity contribution in [3.05, 3.63) is 0 Å². The molecular formula is C18H34N2O3S. The summed E-state index contributed by atoms with van der Waals surface area (Å²) in [6, 6.07) is 0.322. The van der Waals surface area contributed by atoms with E-state index in [-0.39, 0.29) is 22.4 Å². The fourth-order valence-corrected chi connectivity index (χ4v) is 4.28. The SMILES string of the molecule is C[C@H]1OCC2(CCN(C(=O)OC(C)(C)C)CC2)[C@@H]1NSC(C)(C)C. The third-order valence-electron chi connectivity index (χ3n) is 4.67. The molecular weight excluding hydrogens is 324 g/mol. The first kappa shape index (κ1) is 19.9. The molecule has 0 saturated carbocycles. The number of rotatable bonds is 2. The van der Waals surface area contributed by atoms with E-state index in [1.54, 1.807) is 11.9 Å². The highest BCUT2D eigenvalue weighted by Crippen LogP contribution is 2.43. The molecule has 2 atom stereocenters. The van der Waals surface area contributed by atoms with E-state index in [0.29, 0.717) is 6.04 Å². The van der Waals surface area contributed by atoms with Gasteiger partial charge in [0.1, 0.15) is 5.60 Å². The molecule has 5 nitrogen and oxygen atoms in total. The van der Waals surface area contributed by atoms with Gasteiger partial charge in [-0.15, -0.1) is 0 Å². The Bertz CT molecular complexity index is 448. The molecule has 2 saturated heterocycles. The van der Waals surface area contributed by atoms with E-state index in [9.17, 15) is 4.79 Å². The van der Waals surface area contributed by atoms with Gasteiger partial charge in [0.25, 0.3) is 0 Å². The number of hydrogen-bond donors (Lipinski definition) is 1. The molecule has 0 unspecified atom stereocenters. The smallest absolute Gasteiger partial charge is 0.410 e. The first-order valence-corrected chi connectivity index (χ1v) is 9.77. The van der Waals surface area contributed by atoms with E-state index in [0.717, 1.165) is 32.5 Å². The molecule has 2 heterocycles. The summed E-state index contributed by atoms with van der Waals surface area (Å²) in [4.78, 5) is 14.1. The van der Waals surface area contributed by atoms with Gasteiger partial charge in [-0.05, 0) is 61.3 Å². The molecule has 2 fully saturated rings. The van der Waals surface area contributed by atoms with Gasteiger partial charge in [0.2, 0.25) is 0 Å². The summed E-state index contributed by atoms with van der Waals surface area (Å²) in [7, 11) is 0. The maximum absolute atomic E-state index is 12.3. The number of nitrogens with zero attached hydrogens (tertiary/aromatic N) is 1. The number of piperidine rings is 1. The second-order valence-electron chi connectivity index (χ2n) is 9.16. The van der Waals surface area contributed by atoms with Gasteiger partial charge in [-0.25, -0.2) is 4.79 Å². The predicted molar refractivity (Wildman–Crippen MR) is 99.2 cm³/mol. The summed E-state index contributed by atoms with van der Waals surface area (Å²) in [5.74, 6) is 0. The van der Waals surface area contributed by atoms with Gasteiger partial charge in [-0.2, -0.15) is 0 Å². The van der Waals surface area contributed by atoms with Crippen LogP contribution in [0.4, 0.5) is 4.79 Å². The summed E-state index contributed by atoms with van der Waals surface area (Å²) in [5, 5.41) is 0. The van der Waals surface area contributed by atoms with Crippen molar-refractivity contribution in [3.63, 3.8) is 0 Å². The van der Waals surface area contributed by atoms with Crippen LogP contribution in [0.5, 0.6) is 0 Å². The largest absolute Gasteiger partial charge is 0.444 e. The van der Waals surface area contributed by atoms with Crippen molar-refractivity contribution in [1.82, 2.24) is 9.62 Å². The van der Waals surface area contributed by atoms with Crippen molar-refractivity contribution in [3.8, 4) is 0 Å². The molecule has 2 rings (SSSR count). The molecule has 1 spiro atoms. The molecule has 0 radical (unpaired) electrons. The van der Waals surface area contributed by atoms with Crippen molar-refractivity contribution in [1.29, 1.82) is 0 Å². The van der Waals surface area contributed by atoms with Crippen LogP contribution in [0, 0.1) is 5.41 Å². The molecule has 1 N–H and O–H groups in total. The number of hydrogen-bond acceptors (Lipinski definition) is 5. The van der Waals surface area contributed by atoms with Crippen molar-refractivity contribution < 1.29 is 14.3 Å². The van der Waals surface area contributed by atoms with Gasteiger partial charge in [0.15, 0.2) is 0 Å². The maximum atomic E-state index is 12.3. The highest BCUT2D eigenvalue weighted by Gasteiger charge is 2.50. The lowest BCUT2D eigenvalue weighted by atomic mass is 9.73. The molecule has 6 heteroatoms. The van der Waals surface area contributed by atoms with E-state index >= 15 is 0 Å². The minimum absolute atomic E-state index is 0.121. The standard InChI is InChI=1S/C18H34N2O3S/c1-13-14(19-24-17(5,6)7)18(12-22-13)8-10-20(11-9-18)15(21)23-16(2,3)4/h13-14,19H,8-12H2,1-7H3/t13-,14-/m1/s1. The molecule has 1 amide bonds. The van der Waals surface area contributed by atoms with Crippen LogP contribution in [0.1, 0.15) is 61.3 Å². The second kappa shape index (κ2) is 7.04. The minimum Gasteiger partial charge on any atom is -0.444 e. The van der Waals surface area contributed by atoms with Crippen LogP contribution in [0.3, 0.4) is 0 Å². The van der Waals surface area contributed by atoms with E-state index < -0.39 is 5.60 Å². The van der Waals surface area contributed by atoms with Crippen molar-refractivity contribution in [2.24, 2.45) is 5.41 Å². The Morgan fingerprint density at radius 2 is 1.79 bits per heavy atom. The van der Waals surface area contributed by atoms with Crippen LogP contribution >= 0.6 is 11.9 Å². The summed E-state index contributed by atoms with van der Waals surface area (Å²) in [6.45, 7) is 16.8. The third kappa shape index (κ3) is 5.02. The van der Waals surface area contributed by atoms with Gasteiger partial charge in [-0.1, -0.05) is 11.9 Å². The monoisotopic (exact) mass is 358 g/mol. The Morgan fingerprint density at radius 1 is 1.21 bits per heavy atom. The quantitative estimate of drug-likeness (QED) is 0.760. The molecule has 0 aliphatic carbocycles. The zero-order chi connectivity index (χ0) is 18.2. The Kier molecular flexibility index (Phi) is 5.83. The fourth-order valence-electron chi connectivity index (χ4n) is 3.36. The lowest BCUT2D eigenvalue weighted by Crippen LogP contribution is -2.53. The molecule has 24 heavy (non-hydrogen) atoms. The average Bonchev–Trinajstić information content (AvgIpc) is 2.71. The molecule has 0 aromatic carbocycles. The molecule has 2 aliphatic heterocycles. The molecule has 0 bridgehead atoms. The van der Waals surface area contributed by atoms with Crippen molar-refractivity contribution >= 4 is 18.0 Å². The Balaban J connectivity index is 1.96. The van der Waals surface area contributed by atoms with Crippen LogP contribution in [-0.2, 0) is 9.47 Å². The van der Waals surface area contributed by atoms with Gasteiger partial charge < -0.3 is 14.4 Å². The zero-order valence-electron chi connectivity index (χ0n) is 16.3. The second-order valence-corrected chi connectivity index (χ2v) is 10.8. The predicted octanol–water partition coefficient (Wildman–Crippen LogP) is 3.83. The van der Waals surface area contributed by atoms with Gasteiger partial charge in [-0.3, -0.25) is 4.72 Å². The number of carbonyl (C=O) groups is 1. The lowest BCUT2D eigenvalue weighted by Gasteiger charge is -2.43. The van der Waals surface area contributed by atoms with E-state index in [2.05, 4.69) is 32.4 Å². The van der Waals surface area contributed by atoms with E-state index in [4.69, 9.17) is 9.47 Å². The van der Waals surface area contributed by atoms with Crippen LogP contribution in [-0.4, -0.2) is 53.2 Å². The van der Waals surface area contributed by atoms with Crippen LogP contribution in [0.25, 0.3) is 0 Å². The highest BCUT2D eigenvalue weighted by molar-refractivity contribution is 7.98. The van der Waals surface area contributed by atoms with Gasteiger partial charge in [0.05, 0.1) is 18.8 Å². The number of nitrogens with one attached hydrogen (secondary N) is 1. The Labute approximate surface area is 151 Å². The summed E-state index contributed by atoms with van der Waals surface area (Å²) in [6.07, 6.45) is 1.92. The first-order chi connectivity index (χ1) is 10.9.